The molecule has 1 N–H and O–H groups in total. The van der Waals surface area contributed by atoms with Crippen LogP contribution in [0.2, 0.25) is 15.1 Å². The Bertz CT molecular complexity index is 646. The summed E-state index contributed by atoms with van der Waals surface area (Å²) in [4.78, 5) is 11.9. The van der Waals surface area contributed by atoms with E-state index in [2.05, 4.69) is 5.32 Å². The molecule has 0 aliphatic heterocycles. The first-order valence-corrected chi connectivity index (χ1v) is 6.32. The summed E-state index contributed by atoms with van der Waals surface area (Å²) in [6.45, 7) is 0. The number of hydrogen-bond donors (Lipinski definition) is 1. The average Bonchev–Trinajstić information content (AvgIpc) is 2.32. The summed E-state index contributed by atoms with van der Waals surface area (Å²) in [5, 5.41) is 3.44. The van der Waals surface area contributed by atoms with Gasteiger partial charge in [0.2, 0.25) is 0 Å². The van der Waals surface area contributed by atoms with E-state index in [1.165, 1.54) is 24.3 Å². The highest BCUT2D eigenvalue weighted by Gasteiger charge is 2.13. The normalized spacial score (nSPS) is 10.3. The van der Waals surface area contributed by atoms with Crippen molar-refractivity contribution in [3.8, 4) is 0 Å². The van der Waals surface area contributed by atoms with Crippen molar-refractivity contribution in [2.75, 3.05) is 5.32 Å². The molecule has 2 aromatic rings. The second-order valence-electron chi connectivity index (χ2n) is 3.70. The van der Waals surface area contributed by atoms with E-state index in [-0.39, 0.29) is 15.6 Å². The quantitative estimate of drug-likeness (QED) is 0.826. The van der Waals surface area contributed by atoms with E-state index in [1.54, 1.807) is 6.07 Å². The Kier molecular flexibility index (Phi) is 4.30. The number of benzene rings is 2. The van der Waals surface area contributed by atoms with Crippen LogP contribution < -0.4 is 5.32 Å². The van der Waals surface area contributed by atoms with Crippen LogP contribution in [0.4, 0.5) is 10.1 Å². The highest BCUT2D eigenvalue weighted by molar-refractivity contribution is 6.36. The van der Waals surface area contributed by atoms with E-state index >= 15 is 0 Å². The minimum atomic E-state index is -0.699. The summed E-state index contributed by atoms with van der Waals surface area (Å²) in [6.07, 6.45) is 0. The molecule has 0 saturated heterocycles. The van der Waals surface area contributed by atoms with Crippen LogP contribution in [0.15, 0.2) is 36.4 Å². The van der Waals surface area contributed by atoms with Gasteiger partial charge in [-0.15, -0.1) is 0 Å². The second kappa shape index (κ2) is 5.78. The smallest absolute Gasteiger partial charge is 0.258 e. The minimum absolute atomic E-state index is 0.115. The Morgan fingerprint density at radius 2 is 1.63 bits per heavy atom. The molecule has 0 saturated carbocycles. The SMILES string of the molecule is O=C(Nc1ccc(Cl)cc1Cl)c1ccc(Cl)cc1F. The number of rotatable bonds is 2. The molecular formula is C13H7Cl3FNO. The van der Waals surface area contributed by atoms with Gasteiger partial charge >= 0.3 is 0 Å². The zero-order valence-corrected chi connectivity index (χ0v) is 11.7. The largest absolute Gasteiger partial charge is 0.321 e. The molecule has 6 heteroatoms. The summed E-state index contributed by atoms with van der Waals surface area (Å²) < 4.78 is 13.6. The molecular weight excluding hydrogens is 312 g/mol. The fourth-order valence-corrected chi connectivity index (χ4v) is 2.07. The predicted octanol–water partition coefficient (Wildman–Crippen LogP) is 5.04. The van der Waals surface area contributed by atoms with Crippen LogP contribution >= 0.6 is 34.8 Å². The summed E-state index contributed by atoms with van der Waals surface area (Å²) >= 11 is 17.3. The number of amides is 1. The fraction of sp³-hybridized carbons (Fsp3) is 0. The van der Waals surface area contributed by atoms with Crippen molar-refractivity contribution in [2.45, 2.75) is 0 Å². The lowest BCUT2D eigenvalue weighted by molar-refractivity contribution is 0.102. The van der Waals surface area contributed by atoms with Crippen LogP contribution in [0.5, 0.6) is 0 Å². The third-order valence-electron chi connectivity index (χ3n) is 2.36. The van der Waals surface area contributed by atoms with Crippen LogP contribution in [0.1, 0.15) is 10.4 Å². The Morgan fingerprint density at radius 1 is 1.00 bits per heavy atom. The van der Waals surface area contributed by atoms with Gasteiger partial charge < -0.3 is 5.32 Å². The van der Waals surface area contributed by atoms with Gasteiger partial charge in [-0.1, -0.05) is 34.8 Å². The summed E-state index contributed by atoms with van der Waals surface area (Å²) in [6, 6.07) is 8.40. The van der Waals surface area contributed by atoms with Gasteiger partial charge in [-0.2, -0.15) is 0 Å². The van der Waals surface area contributed by atoms with Crippen LogP contribution in [0.3, 0.4) is 0 Å². The molecule has 0 unspecified atom stereocenters. The lowest BCUT2D eigenvalue weighted by Crippen LogP contribution is -2.14. The number of hydrogen-bond acceptors (Lipinski definition) is 1. The lowest BCUT2D eigenvalue weighted by Gasteiger charge is -2.08. The Labute approximate surface area is 124 Å². The Balaban J connectivity index is 2.25. The van der Waals surface area contributed by atoms with Gasteiger partial charge in [-0.05, 0) is 36.4 Å². The van der Waals surface area contributed by atoms with Gasteiger partial charge in [0.25, 0.3) is 5.91 Å². The van der Waals surface area contributed by atoms with Crippen molar-refractivity contribution >= 4 is 46.4 Å². The number of carbonyl (C=O) groups is 1. The molecule has 0 aromatic heterocycles. The maximum Gasteiger partial charge on any atom is 0.258 e. The van der Waals surface area contributed by atoms with Crippen molar-refractivity contribution in [1.29, 1.82) is 0 Å². The van der Waals surface area contributed by atoms with Gasteiger partial charge in [0.05, 0.1) is 16.3 Å². The molecule has 0 aliphatic rings. The van der Waals surface area contributed by atoms with Crippen molar-refractivity contribution in [3.63, 3.8) is 0 Å². The van der Waals surface area contributed by atoms with Gasteiger partial charge in [-0.3, -0.25) is 4.79 Å². The molecule has 0 bridgehead atoms. The summed E-state index contributed by atoms with van der Waals surface area (Å²) in [5.74, 6) is -1.31. The monoisotopic (exact) mass is 317 g/mol. The number of carbonyl (C=O) groups excluding carboxylic acids is 1. The molecule has 2 nitrogen and oxygen atoms in total. The van der Waals surface area contributed by atoms with E-state index in [0.717, 1.165) is 6.07 Å². The zero-order chi connectivity index (χ0) is 14.0. The van der Waals surface area contributed by atoms with Crippen LogP contribution in [0.25, 0.3) is 0 Å². The molecule has 2 rings (SSSR count). The average molecular weight is 319 g/mol. The van der Waals surface area contributed by atoms with Crippen molar-refractivity contribution in [2.24, 2.45) is 0 Å². The maximum atomic E-state index is 13.6. The Hall–Kier alpha value is -1.29. The molecule has 2 aromatic carbocycles. The summed E-state index contributed by atoms with van der Waals surface area (Å²) in [5.41, 5.74) is 0.237. The van der Waals surface area contributed by atoms with Crippen molar-refractivity contribution in [3.05, 3.63) is 62.8 Å². The standard InChI is InChI=1S/C13H7Cl3FNO/c14-7-2-4-12(10(16)5-7)18-13(19)9-3-1-8(15)6-11(9)17/h1-6H,(H,18,19). The van der Waals surface area contributed by atoms with E-state index < -0.39 is 11.7 Å². The van der Waals surface area contributed by atoms with E-state index in [0.29, 0.717) is 10.7 Å². The first-order chi connectivity index (χ1) is 8.97. The molecule has 0 atom stereocenters. The van der Waals surface area contributed by atoms with Gasteiger partial charge in [0, 0.05) is 10.0 Å². The van der Waals surface area contributed by atoms with E-state index in [4.69, 9.17) is 34.8 Å². The molecule has 19 heavy (non-hydrogen) atoms. The van der Waals surface area contributed by atoms with Crippen molar-refractivity contribution in [1.82, 2.24) is 0 Å². The minimum Gasteiger partial charge on any atom is -0.321 e. The third kappa shape index (κ3) is 3.38. The van der Waals surface area contributed by atoms with Crippen LogP contribution in [-0.4, -0.2) is 5.91 Å². The first-order valence-electron chi connectivity index (χ1n) is 5.19. The van der Waals surface area contributed by atoms with Gasteiger partial charge in [0.15, 0.2) is 0 Å². The van der Waals surface area contributed by atoms with Crippen molar-refractivity contribution < 1.29 is 9.18 Å². The van der Waals surface area contributed by atoms with Crippen LogP contribution in [0, 0.1) is 5.82 Å². The highest BCUT2D eigenvalue weighted by Crippen LogP contribution is 2.26. The fourth-order valence-electron chi connectivity index (χ4n) is 1.45. The van der Waals surface area contributed by atoms with Crippen LogP contribution in [-0.2, 0) is 0 Å². The highest BCUT2D eigenvalue weighted by atomic mass is 35.5. The zero-order valence-electron chi connectivity index (χ0n) is 9.38. The number of anilines is 1. The molecule has 0 aliphatic carbocycles. The molecule has 0 radical (unpaired) electrons. The van der Waals surface area contributed by atoms with Gasteiger partial charge in [0.1, 0.15) is 5.82 Å². The number of nitrogens with one attached hydrogen (secondary N) is 1. The molecule has 0 spiro atoms. The molecule has 98 valence electrons. The lowest BCUT2D eigenvalue weighted by atomic mass is 10.2. The predicted molar refractivity (Wildman–Crippen MR) is 75.8 cm³/mol. The number of halogens is 4. The third-order valence-corrected chi connectivity index (χ3v) is 3.14. The topological polar surface area (TPSA) is 29.1 Å². The van der Waals surface area contributed by atoms with E-state index in [1.807, 2.05) is 0 Å². The first kappa shape index (κ1) is 14.1. The molecule has 0 fully saturated rings. The Morgan fingerprint density at radius 3 is 2.26 bits per heavy atom. The molecule has 0 heterocycles. The summed E-state index contributed by atoms with van der Waals surface area (Å²) in [7, 11) is 0. The second-order valence-corrected chi connectivity index (χ2v) is 4.98. The van der Waals surface area contributed by atoms with Gasteiger partial charge in [-0.25, -0.2) is 4.39 Å². The van der Waals surface area contributed by atoms with E-state index in [9.17, 15) is 9.18 Å². The maximum absolute atomic E-state index is 13.6. The molecule has 1 amide bonds.